The van der Waals surface area contributed by atoms with E-state index in [9.17, 15) is 0 Å². The summed E-state index contributed by atoms with van der Waals surface area (Å²) in [4.78, 5) is 14.1. The van der Waals surface area contributed by atoms with E-state index >= 15 is 0 Å². The molecule has 9 nitrogen and oxygen atoms in total. The van der Waals surface area contributed by atoms with Crippen LogP contribution in [0.15, 0.2) is 30.5 Å². The van der Waals surface area contributed by atoms with E-state index in [4.69, 9.17) is 16.3 Å². The number of ether oxygens (including phenoxy) is 1. The van der Waals surface area contributed by atoms with Crippen molar-refractivity contribution in [3.8, 4) is 5.75 Å². The van der Waals surface area contributed by atoms with Crippen LogP contribution in [-0.4, -0.2) is 72.2 Å². The van der Waals surface area contributed by atoms with Crippen LogP contribution in [0.2, 0.25) is 0 Å². The Hall–Kier alpha value is -2.62. The number of nitrogens with zero attached hydrogens (tertiary/aromatic N) is 5. The molecule has 0 aliphatic carbocycles. The van der Waals surface area contributed by atoms with Gasteiger partial charge in [-0.05, 0) is 63.0 Å². The minimum absolute atomic E-state index is 0.353. The van der Waals surface area contributed by atoms with Gasteiger partial charge in [0.25, 0.3) is 0 Å². The summed E-state index contributed by atoms with van der Waals surface area (Å²) in [6.07, 6.45) is 6.48. The summed E-state index contributed by atoms with van der Waals surface area (Å²) >= 11 is 0. The highest BCUT2D eigenvalue weighted by atomic mass is 16.5. The summed E-state index contributed by atoms with van der Waals surface area (Å²) in [5, 5.41) is 4.95. The first-order valence-corrected chi connectivity index (χ1v) is 11.1. The lowest BCUT2D eigenvalue weighted by Gasteiger charge is -2.33. The molecule has 2 saturated heterocycles. The SMILES string of the molecule is COc1ccc(N(N)c2nc(NC3CCN(CCN4CCCC4)CC3)ncc2N)cc1. The summed E-state index contributed by atoms with van der Waals surface area (Å²) < 4.78 is 5.21. The van der Waals surface area contributed by atoms with Crippen molar-refractivity contribution < 1.29 is 4.74 Å². The maximum atomic E-state index is 6.30. The number of methoxy groups -OCH3 is 1. The van der Waals surface area contributed by atoms with Crippen molar-refractivity contribution in [2.45, 2.75) is 31.7 Å². The average Bonchev–Trinajstić information content (AvgIpc) is 3.33. The second-order valence-corrected chi connectivity index (χ2v) is 8.35. The Balaban J connectivity index is 1.32. The molecule has 31 heavy (non-hydrogen) atoms. The summed E-state index contributed by atoms with van der Waals surface area (Å²) in [5.74, 6) is 8.10. The first-order chi connectivity index (χ1) is 15.1. The second kappa shape index (κ2) is 10.1. The largest absolute Gasteiger partial charge is 0.497 e. The number of nitrogens with one attached hydrogen (secondary N) is 1. The molecular formula is C22H34N8O. The van der Waals surface area contributed by atoms with Crippen molar-refractivity contribution in [1.82, 2.24) is 19.8 Å². The molecule has 2 fully saturated rings. The van der Waals surface area contributed by atoms with Crippen LogP contribution < -0.4 is 26.6 Å². The van der Waals surface area contributed by atoms with Crippen LogP contribution in [-0.2, 0) is 0 Å². The highest BCUT2D eigenvalue weighted by Gasteiger charge is 2.21. The van der Waals surface area contributed by atoms with Gasteiger partial charge in [0.2, 0.25) is 5.95 Å². The number of aromatic nitrogens is 2. The Morgan fingerprint density at radius 2 is 1.71 bits per heavy atom. The van der Waals surface area contributed by atoms with E-state index in [-0.39, 0.29) is 0 Å². The predicted molar refractivity (Wildman–Crippen MR) is 125 cm³/mol. The molecule has 3 heterocycles. The topological polar surface area (TPSA) is 109 Å². The molecule has 0 saturated carbocycles. The van der Waals surface area contributed by atoms with Crippen molar-refractivity contribution in [2.24, 2.45) is 5.84 Å². The van der Waals surface area contributed by atoms with Crippen molar-refractivity contribution in [3.63, 3.8) is 0 Å². The van der Waals surface area contributed by atoms with Crippen molar-refractivity contribution in [2.75, 3.05) is 62.4 Å². The number of likely N-dealkylation sites (tertiary alicyclic amines) is 2. The van der Waals surface area contributed by atoms with Gasteiger partial charge in [0.05, 0.1) is 24.7 Å². The number of anilines is 4. The molecule has 9 heteroatoms. The predicted octanol–water partition coefficient (Wildman–Crippen LogP) is 2.05. The molecule has 0 spiro atoms. The number of hydrogen-bond donors (Lipinski definition) is 3. The van der Waals surface area contributed by atoms with Crippen LogP contribution in [0.3, 0.4) is 0 Å². The van der Waals surface area contributed by atoms with Gasteiger partial charge >= 0.3 is 0 Å². The molecule has 168 valence electrons. The molecule has 0 radical (unpaired) electrons. The molecule has 1 aromatic carbocycles. The molecule has 0 unspecified atom stereocenters. The normalized spacial score (nSPS) is 18.3. The molecule has 0 atom stereocenters. The lowest BCUT2D eigenvalue weighted by Crippen LogP contribution is -2.42. The van der Waals surface area contributed by atoms with Gasteiger partial charge in [0.1, 0.15) is 5.75 Å². The maximum absolute atomic E-state index is 6.30. The van der Waals surface area contributed by atoms with E-state index in [0.717, 1.165) is 37.4 Å². The number of hydrogen-bond acceptors (Lipinski definition) is 9. The molecule has 2 aliphatic rings. The van der Waals surface area contributed by atoms with E-state index in [1.165, 1.54) is 44.0 Å². The molecule has 2 aromatic rings. The van der Waals surface area contributed by atoms with Gasteiger partial charge in [-0.25, -0.2) is 10.8 Å². The summed E-state index contributed by atoms with van der Waals surface area (Å²) in [5.41, 5.74) is 7.31. The fourth-order valence-electron chi connectivity index (χ4n) is 4.28. The number of benzene rings is 1. The first-order valence-electron chi connectivity index (χ1n) is 11.1. The highest BCUT2D eigenvalue weighted by molar-refractivity contribution is 5.70. The molecular weight excluding hydrogens is 392 g/mol. The molecule has 2 aliphatic heterocycles. The summed E-state index contributed by atoms with van der Waals surface area (Å²) in [6.45, 7) is 7.09. The third kappa shape index (κ3) is 5.55. The number of rotatable bonds is 8. The van der Waals surface area contributed by atoms with E-state index in [0.29, 0.717) is 23.5 Å². The lowest BCUT2D eigenvalue weighted by atomic mass is 10.1. The molecule has 1 aromatic heterocycles. The first kappa shape index (κ1) is 21.6. The third-order valence-corrected chi connectivity index (χ3v) is 6.23. The Morgan fingerprint density at radius 3 is 2.35 bits per heavy atom. The second-order valence-electron chi connectivity index (χ2n) is 8.35. The van der Waals surface area contributed by atoms with E-state index < -0.39 is 0 Å². The third-order valence-electron chi connectivity index (χ3n) is 6.23. The number of piperidine rings is 1. The number of nitrogen functional groups attached to an aromatic ring is 1. The Morgan fingerprint density at radius 1 is 1.06 bits per heavy atom. The van der Waals surface area contributed by atoms with Gasteiger partial charge in [0.15, 0.2) is 5.82 Å². The minimum atomic E-state index is 0.353. The number of hydrazine groups is 1. The van der Waals surface area contributed by atoms with Crippen molar-refractivity contribution in [3.05, 3.63) is 30.5 Å². The monoisotopic (exact) mass is 426 g/mol. The summed E-state index contributed by atoms with van der Waals surface area (Å²) in [7, 11) is 1.63. The van der Waals surface area contributed by atoms with Gasteiger partial charge in [0, 0.05) is 32.2 Å². The van der Waals surface area contributed by atoms with Gasteiger partial charge < -0.3 is 25.6 Å². The lowest BCUT2D eigenvalue weighted by molar-refractivity contribution is 0.189. The van der Waals surface area contributed by atoms with Crippen LogP contribution in [0.25, 0.3) is 0 Å². The molecule has 0 bridgehead atoms. The van der Waals surface area contributed by atoms with Gasteiger partial charge in [-0.1, -0.05) is 0 Å². The Labute approximate surface area is 184 Å². The quantitative estimate of drug-likeness (QED) is 0.431. The van der Waals surface area contributed by atoms with Crippen LogP contribution in [0.1, 0.15) is 25.7 Å². The Bertz CT molecular complexity index is 832. The minimum Gasteiger partial charge on any atom is -0.497 e. The van der Waals surface area contributed by atoms with E-state index in [2.05, 4.69) is 25.1 Å². The number of nitrogens with two attached hydrogens (primary N) is 2. The van der Waals surface area contributed by atoms with E-state index in [1.807, 2.05) is 24.3 Å². The smallest absolute Gasteiger partial charge is 0.225 e. The zero-order valence-electron chi connectivity index (χ0n) is 18.3. The van der Waals surface area contributed by atoms with Gasteiger partial charge in [-0.15, -0.1) is 0 Å². The van der Waals surface area contributed by atoms with Crippen molar-refractivity contribution in [1.29, 1.82) is 0 Å². The van der Waals surface area contributed by atoms with Crippen LogP contribution in [0.5, 0.6) is 5.75 Å². The molecule has 4 rings (SSSR count). The van der Waals surface area contributed by atoms with E-state index in [1.54, 1.807) is 13.3 Å². The molecule has 0 amide bonds. The van der Waals surface area contributed by atoms with Gasteiger partial charge in [-0.2, -0.15) is 4.98 Å². The standard InChI is InChI=1S/C22H34N8O/c1-31-19-6-4-18(5-7-19)30(24)21-20(23)16-25-22(27-21)26-17-8-12-29(13-9-17)15-14-28-10-2-3-11-28/h4-7,16-17H,2-3,8-15,23-24H2,1H3,(H,25,26,27). The summed E-state index contributed by atoms with van der Waals surface area (Å²) in [6, 6.07) is 7.79. The van der Waals surface area contributed by atoms with Crippen LogP contribution in [0, 0.1) is 0 Å². The fraction of sp³-hybridized carbons (Fsp3) is 0.545. The van der Waals surface area contributed by atoms with Crippen LogP contribution >= 0.6 is 0 Å². The maximum Gasteiger partial charge on any atom is 0.225 e. The zero-order valence-corrected chi connectivity index (χ0v) is 18.3. The zero-order chi connectivity index (χ0) is 21.6. The van der Waals surface area contributed by atoms with Gasteiger partial charge in [-0.3, -0.25) is 5.01 Å². The fourth-order valence-corrected chi connectivity index (χ4v) is 4.28. The Kier molecular flexibility index (Phi) is 7.06. The molecule has 5 N–H and O–H groups in total. The van der Waals surface area contributed by atoms with Crippen LogP contribution in [0.4, 0.5) is 23.1 Å². The van der Waals surface area contributed by atoms with Crippen molar-refractivity contribution >= 4 is 23.1 Å². The highest BCUT2D eigenvalue weighted by Crippen LogP contribution is 2.27. The average molecular weight is 427 g/mol.